The van der Waals surface area contributed by atoms with Crippen LogP contribution < -0.4 is 0 Å². The number of hydrogen-bond donors (Lipinski definition) is 0. The van der Waals surface area contributed by atoms with E-state index in [2.05, 4.69) is 6.92 Å². The highest BCUT2D eigenvalue weighted by Gasteiger charge is 2.67. The Morgan fingerprint density at radius 1 is 1.55 bits per heavy atom. The van der Waals surface area contributed by atoms with Crippen molar-refractivity contribution in [3.63, 3.8) is 0 Å². The fraction of sp³-hybridized carbons (Fsp3) is 0.765. The molecular formula is C17H25NO4. The summed E-state index contributed by atoms with van der Waals surface area (Å²) >= 11 is 0. The van der Waals surface area contributed by atoms with Gasteiger partial charge in [0.05, 0.1) is 25.2 Å². The number of hydrogen-bond acceptors (Lipinski definition) is 4. The summed E-state index contributed by atoms with van der Waals surface area (Å²) in [5.74, 6) is -0.845. The van der Waals surface area contributed by atoms with E-state index in [-0.39, 0.29) is 23.9 Å². The molecule has 22 heavy (non-hydrogen) atoms. The average molecular weight is 307 g/mol. The van der Waals surface area contributed by atoms with Gasteiger partial charge in [0.25, 0.3) is 0 Å². The van der Waals surface area contributed by atoms with Crippen LogP contribution >= 0.6 is 0 Å². The van der Waals surface area contributed by atoms with E-state index in [0.717, 1.165) is 19.4 Å². The van der Waals surface area contributed by atoms with Crippen LogP contribution in [0.1, 0.15) is 33.6 Å². The molecule has 3 rings (SSSR count). The smallest absolute Gasteiger partial charge is 0.312 e. The lowest BCUT2D eigenvalue weighted by atomic mass is 9.77. The Kier molecular flexibility index (Phi) is 4.02. The van der Waals surface area contributed by atoms with Crippen molar-refractivity contribution in [1.82, 2.24) is 4.90 Å². The normalized spacial score (nSPS) is 35.5. The van der Waals surface area contributed by atoms with Crippen LogP contribution in [0.15, 0.2) is 12.2 Å². The minimum absolute atomic E-state index is 0.0480. The maximum absolute atomic E-state index is 12.7. The second kappa shape index (κ2) is 5.69. The van der Waals surface area contributed by atoms with E-state index in [0.29, 0.717) is 13.2 Å². The van der Waals surface area contributed by atoms with E-state index >= 15 is 0 Å². The Morgan fingerprint density at radius 3 is 3.00 bits per heavy atom. The Labute approximate surface area is 131 Å². The average Bonchev–Trinajstić information content (AvgIpc) is 3.11. The lowest BCUT2D eigenvalue weighted by molar-refractivity contribution is -0.154. The predicted octanol–water partition coefficient (Wildman–Crippen LogP) is 1.77. The van der Waals surface area contributed by atoms with Gasteiger partial charge >= 0.3 is 5.97 Å². The molecule has 4 atom stereocenters. The molecule has 2 bridgehead atoms. The van der Waals surface area contributed by atoms with Gasteiger partial charge in [-0.15, -0.1) is 0 Å². The summed E-state index contributed by atoms with van der Waals surface area (Å²) in [6.07, 6.45) is 5.62. The molecular weight excluding hydrogens is 282 g/mol. The molecule has 1 spiro atoms. The van der Waals surface area contributed by atoms with Gasteiger partial charge < -0.3 is 14.4 Å². The summed E-state index contributed by atoms with van der Waals surface area (Å²) < 4.78 is 11.4. The number of fused-ring (bicyclic) bond motifs is 1. The van der Waals surface area contributed by atoms with Crippen LogP contribution in [0.25, 0.3) is 0 Å². The molecule has 5 nitrogen and oxygen atoms in total. The largest absolute Gasteiger partial charge is 0.465 e. The van der Waals surface area contributed by atoms with E-state index in [4.69, 9.17) is 9.47 Å². The maximum Gasteiger partial charge on any atom is 0.312 e. The number of nitrogens with zero attached hydrogens (tertiary/aromatic N) is 1. The van der Waals surface area contributed by atoms with Crippen molar-refractivity contribution in [2.24, 2.45) is 17.8 Å². The number of carbonyl (C=O) groups excluding carboxylic acids is 2. The predicted molar refractivity (Wildman–Crippen MR) is 81.0 cm³/mol. The first-order chi connectivity index (χ1) is 10.5. The number of unbranched alkanes of at least 4 members (excludes halogenated alkanes) is 1. The minimum atomic E-state index is -0.600. The van der Waals surface area contributed by atoms with E-state index in [9.17, 15) is 9.59 Å². The zero-order valence-corrected chi connectivity index (χ0v) is 13.6. The van der Waals surface area contributed by atoms with Crippen molar-refractivity contribution in [2.75, 3.05) is 19.7 Å². The van der Waals surface area contributed by atoms with Crippen LogP contribution in [0, 0.1) is 17.8 Å². The number of amides is 1. The molecule has 3 aliphatic heterocycles. The van der Waals surface area contributed by atoms with Crippen molar-refractivity contribution < 1.29 is 19.1 Å². The third-order valence-corrected chi connectivity index (χ3v) is 4.79. The Balaban J connectivity index is 1.76. The molecule has 2 fully saturated rings. The first kappa shape index (κ1) is 15.5. The zero-order valence-electron chi connectivity index (χ0n) is 13.6. The van der Waals surface area contributed by atoms with Crippen molar-refractivity contribution in [3.8, 4) is 0 Å². The van der Waals surface area contributed by atoms with Gasteiger partial charge in [-0.05, 0) is 12.3 Å². The number of esters is 1. The highest BCUT2D eigenvalue weighted by atomic mass is 16.6. The molecule has 2 saturated heterocycles. The van der Waals surface area contributed by atoms with Gasteiger partial charge in [-0.1, -0.05) is 39.3 Å². The molecule has 122 valence electrons. The van der Waals surface area contributed by atoms with Crippen molar-refractivity contribution in [1.29, 1.82) is 0 Å². The highest BCUT2D eigenvalue weighted by molar-refractivity contribution is 5.91. The molecule has 1 amide bonds. The topological polar surface area (TPSA) is 55.8 Å². The molecule has 0 aromatic carbocycles. The number of carbonyl (C=O) groups is 2. The third kappa shape index (κ3) is 2.35. The SMILES string of the molecule is CCCCN1C[C@@]23C=C[C@@H](O2)C(C(=O)OCC(C)C)[C@H]3C1=O. The van der Waals surface area contributed by atoms with Gasteiger partial charge in [-0.25, -0.2) is 0 Å². The van der Waals surface area contributed by atoms with Gasteiger partial charge in [0.1, 0.15) is 11.5 Å². The third-order valence-electron chi connectivity index (χ3n) is 4.79. The van der Waals surface area contributed by atoms with E-state index in [1.807, 2.05) is 30.9 Å². The van der Waals surface area contributed by atoms with Gasteiger partial charge in [0, 0.05) is 6.54 Å². The molecule has 0 aromatic rings. The Bertz CT molecular complexity index is 501. The molecule has 1 unspecified atom stereocenters. The van der Waals surface area contributed by atoms with Crippen LogP contribution in [0.2, 0.25) is 0 Å². The van der Waals surface area contributed by atoms with E-state index < -0.39 is 17.4 Å². The molecule has 0 N–H and O–H groups in total. The van der Waals surface area contributed by atoms with E-state index in [1.165, 1.54) is 0 Å². The van der Waals surface area contributed by atoms with Gasteiger partial charge in [0.2, 0.25) is 5.91 Å². The molecule has 0 radical (unpaired) electrons. The van der Waals surface area contributed by atoms with Crippen molar-refractivity contribution in [2.45, 2.75) is 45.3 Å². The van der Waals surface area contributed by atoms with Crippen LogP contribution in [0.5, 0.6) is 0 Å². The van der Waals surface area contributed by atoms with Gasteiger partial charge in [-0.2, -0.15) is 0 Å². The number of rotatable bonds is 6. The summed E-state index contributed by atoms with van der Waals surface area (Å²) in [5.41, 5.74) is -0.600. The summed E-state index contributed by atoms with van der Waals surface area (Å²) in [7, 11) is 0. The second-order valence-corrected chi connectivity index (χ2v) is 7.04. The number of ether oxygens (including phenoxy) is 2. The summed E-state index contributed by atoms with van der Waals surface area (Å²) in [4.78, 5) is 27.0. The fourth-order valence-corrected chi connectivity index (χ4v) is 3.73. The Morgan fingerprint density at radius 2 is 2.32 bits per heavy atom. The quantitative estimate of drug-likeness (QED) is 0.554. The first-order valence-electron chi connectivity index (χ1n) is 8.31. The lowest BCUT2D eigenvalue weighted by Gasteiger charge is -2.23. The Hall–Kier alpha value is -1.36. The van der Waals surface area contributed by atoms with Crippen LogP contribution in [-0.2, 0) is 19.1 Å². The summed E-state index contributed by atoms with van der Waals surface area (Å²) in [6, 6.07) is 0. The molecule has 5 heteroatoms. The van der Waals surface area contributed by atoms with Gasteiger partial charge in [0.15, 0.2) is 0 Å². The van der Waals surface area contributed by atoms with Gasteiger partial charge in [-0.3, -0.25) is 9.59 Å². The van der Waals surface area contributed by atoms with E-state index in [1.54, 1.807) is 0 Å². The second-order valence-electron chi connectivity index (χ2n) is 7.04. The lowest BCUT2D eigenvalue weighted by Crippen LogP contribution is -2.40. The van der Waals surface area contributed by atoms with Crippen molar-refractivity contribution >= 4 is 11.9 Å². The fourth-order valence-electron chi connectivity index (χ4n) is 3.73. The zero-order chi connectivity index (χ0) is 15.9. The number of likely N-dealkylation sites (tertiary alicyclic amines) is 1. The minimum Gasteiger partial charge on any atom is -0.465 e. The van der Waals surface area contributed by atoms with Crippen LogP contribution in [0.3, 0.4) is 0 Å². The maximum atomic E-state index is 12.7. The summed E-state index contributed by atoms with van der Waals surface area (Å²) in [6.45, 7) is 7.80. The highest BCUT2D eigenvalue weighted by Crippen LogP contribution is 2.52. The standard InChI is InChI=1S/C17H25NO4/c1-4-5-8-18-10-17-7-6-12(22-17)13(14(17)15(18)19)16(20)21-9-11(2)3/h6-7,11-14H,4-5,8-10H2,1-3H3/t12-,13?,14+,17-/m1/s1. The molecule has 0 aromatic heterocycles. The van der Waals surface area contributed by atoms with Crippen molar-refractivity contribution in [3.05, 3.63) is 12.2 Å². The first-order valence-corrected chi connectivity index (χ1v) is 8.31. The van der Waals surface area contributed by atoms with Crippen LogP contribution in [0.4, 0.5) is 0 Å². The molecule has 0 aliphatic carbocycles. The van der Waals surface area contributed by atoms with Crippen LogP contribution in [-0.4, -0.2) is 48.2 Å². The molecule has 3 heterocycles. The molecule has 0 saturated carbocycles. The molecule has 3 aliphatic rings. The summed E-state index contributed by atoms with van der Waals surface area (Å²) in [5, 5.41) is 0. The monoisotopic (exact) mass is 307 g/mol.